The fourth-order valence-electron chi connectivity index (χ4n) is 2.96. The number of carbonyl (C=O) groups is 2. The Kier molecular flexibility index (Phi) is 8.23. The summed E-state index contributed by atoms with van der Waals surface area (Å²) in [7, 11) is 0. The van der Waals surface area contributed by atoms with Crippen molar-refractivity contribution in [1.29, 1.82) is 5.26 Å². The van der Waals surface area contributed by atoms with Crippen LogP contribution in [0.5, 0.6) is 5.75 Å². The number of rotatable bonds is 9. The number of nitrogens with zero attached hydrogens (tertiary/aromatic N) is 2. The molecule has 0 atom stereocenters. The molecule has 0 bridgehead atoms. The standard InChI is InChI=1S/C23H26N2O4/c1-17(2)21-11-10-20(14-18(21)3)28-16-23(27)29-15-22(26)25(13-7-12-24)19-8-5-4-6-9-19/h4-6,8-11,14,17H,7,13,15-16H2,1-3H3. The Bertz CT molecular complexity index is 872. The predicted molar refractivity (Wildman–Crippen MR) is 111 cm³/mol. The van der Waals surface area contributed by atoms with Crippen LogP contribution < -0.4 is 9.64 Å². The minimum atomic E-state index is -0.628. The first kappa shape index (κ1) is 22.0. The molecule has 1 amide bonds. The number of hydrogen-bond donors (Lipinski definition) is 0. The molecule has 0 spiro atoms. The van der Waals surface area contributed by atoms with Crippen LogP contribution in [0.3, 0.4) is 0 Å². The van der Waals surface area contributed by atoms with Crippen LogP contribution in [0.2, 0.25) is 0 Å². The Morgan fingerprint density at radius 1 is 1.10 bits per heavy atom. The second kappa shape index (κ2) is 10.9. The maximum absolute atomic E-state index is 12.5. The first-order chi connectivity index (χ1) is 13.9. The zero-order valence-corrected chi connectivity index (χ0v) is 17.1. The van der Waals surface area contributed by atoms with Gasteiger partial charge in [-0.25, -0.2) is 4.79 Å². The van der Waals surface area contributed by atoms with Crippen LogP contribution in [-0.4, -0.2) is 31.6 Å². The molecular formula is C23H26N2O4. The van der Waals surface area contributed by atoms with Gasteiger partial charge in [-0.2, -0.15) is 5.26 Å². The minimum Gasteiger partial charge on any atom is -0.482 e. The first-order valence-corrected chi connectivity index (χ1v) is 9.53. The van der Waals surface area contributed by atoms with Gasteiger partial charge in [0, 0.05) is 12.2 Å². The normalized spacial score (nSPS) is 10.3. The molecule has 2 aromatic carbocycles. The van der Waals surface area contributed by atoms with Crippen molar-refractivity contribution in [1.82, 2.24) is 0 Å². The van der Waals surface area contributed by atoms with E-state index in [0.717, 1.165) is 5.56 Å². The van der Waals surface area contributed by atoms with Gasteiger partial charge in [0.15, 0.2) is 13.2 Å². The third-order valence-electron chi connectivity index (χ3n) is 4.39. The van der Waals surface area contributed by atoms with Crippen LogP contribution in [0, 0.1) is 18.3 Å². The van der Waals surface area contributed by atoms with E-state index in [1.807, 2.05) is 37.3 Å². The molecular weight excluding hydrogens is 368 g/mol. The van der Waals surface area contributed by atoms with Crippen LogP contribution in [0.15, 0.2) is 48.5 Å². The summed E-state index contributed by atoms with van der Waals surface area (Å²) in [6, 6.07) is 16.7. The average molecular weight is 394 g/mol. The van der Waals surface area contributed by atoms with Gasteiger partial charge < -0.3 is 14.4 Å². The monoisotopic (exact) mass is 394 g/mol. The van der Waals surface area contributed by atoms with Crippen molar-refractivity contribution >= 4 is 17.6 Å². The average Bonchev–Trinajstić information content (AvgIpc) is 2.71. The number of aryl methyl sites for hydroxylation is 1. The summed E-state index contributed by atoms with van der Waals surface area (Å²) in [6.45, 7) is 5.78. The highest BCUT2D eigenvalue weighted by Crippen LogP contribution is 2.23. The molecule has 0 saturated carbocycles. The van der Waals surface area contributed by atoms with E-state index in [-0.39, 0.29) is 19.6 Å². The lowest BCUT2D eigenvalue weighted by Gasteiger charge is -2.21. The molecule has 152 valence electrons. The fraction of sp³-hybridized carbons (Fsp3) is 0.348. The number of anilines is 1. The summed E-state index contributed by atoms with van der Waals surface area (Å²) in [5.74, 6) is -0.0297. The zero-order chi connectivity index (χ0) is 21.2. The Morgan fingerprint density at radius 2 is 1.83 bits per heavy atom. The zero-order valence-electron chi connectivity index (χ0n) is 17.1. The Hall–Kier alpha value is -3.33. The highest BCUT2D eigenvalue weighted by molar-refractivity contribution is 5.95. The van der Waals surface area contributed by atoms with Crippen LogP contribution in [-0.2, 0) is 14.3 Å². The van der Waals surface area contributed by atoms with Gasteiger partial charge >= 0.3 is 5.97 Å². The summed E-state index contributed by atoms with van der Waals surface area (Å²) in [5.41, 5.74) is 2.97. The largest absolute Gasteiger partial charge is 0.482 e. The van der Waals surface area contributed by atoms with Crippen molar-refractivity contribution in [3.05, 3.63) is 59.7 Å². The van der Waals surface area contributed by atoms with Crippen molar-refractivity contribution in [2.45, 2.75) is 33.1 Å². The molecule has 0 heterocycles. The number of ether oxygens (including phenoxy) is 2. The van der Waals surface area contributed by atoms with E-state index >= 15 is 0 Å². The molecule has 0 unspecified atom stereocenters. The van der Waals surface area contributed by atoms with Crippen molar-refractivity contribution < 1.29 is 19.1 Å². The van der Waals surface area contributed by atoms with E-state index in [1.54, 1.807) is 24.3 Å². The van der Waals surface area contributed by atoms with Crippen LogP contribution in [0.25, 0.3) is 0 Å². The lowest BCUT2D eigenvalue weighted by atomic mass is 9.98. The summed E-state index contributed by atoms with van der Waals surface area (Å²) in [5, 5.41) is 8.82. The number of carbonyl (C=O) groups excluding carboxylic acids is 2. The highest BCUT2D eigenvalue weighted by Gasteiger charge is 2.17. The highest BCUT2D eigenvalue weighted by atomic mass is 16.6. The van der Waals surface area contributed by atoms with Crippen molar-refractivity contribution in [3.8, 4) is 11.8 Å². The number of amides is 1. The van der Waals surface area contributed by atoms with Gasteiger partial charge in [-0.15, -0.1) is 0 Å². The number of benzene rings is 2. The predicted octanol–water partition coefficient (Wildman–Crippen LogP) is 3.99. The van der Waals surface area contributed by atoms with Gasteiger partial charge in [-0.05, 0) is 48.2 Å². The van der Waals surface area contributed by atoms with Gasteiger partial charge in [0.1, 0.15) is 5.75 Å². The molecule has 0 N–H and O–H groups in total. The summed E-state index contributed by atoms with van der Waals surface area (Å²) in [6.07, 6.45) is 0.184. The summed E-state index contributed by atoms with van der Waals surface area (Å²) >= 11 is 0. The second-order valence-electron chi connectivity index (χ2n) is 6.91. The molecule has 6 heteroatoms. The minimum absolute atomic E-state index is 0.184. The molecule has 0 fully saturated rings. The van der Waals surface area contributed by atoms with Gasteiger partial charge in [-0.1, -0.05) is 38.1 Å². The molecule has 0 aromatic heterocycles. The fourth-order valence-corrected chi connectivity index (χ4v) is 2.96. The van der Waals surface area contributed by atoms with E-state index in [4.69, 9.17) is 14.7 Å². The van der Waals surface area contributed by atoms with Crippen LogP contribution >= 0.6 is 0 Å². The Labute approximate surface area is 171 Å². The van der Waals surface area contributed by atoms with E-state index in [1.165, 1.54) is 10.5 Å². The molecule has 0 aliphatic rings. The summed E-state index contributed by atoms with van der Waals surface area (Å²) in [4.78, 5) is 25.9. The molecule has 0 saturated heterocycles. The van der Waals surface area contributed by atoms with Crippen LogP contribution in [0.1, 0.15) is 37.3 Å². The van der Waals surface area contributed by atoms with Crippen molar-refractivity contribution in [2.75, 3.05) is 24.7 Å². The number of hydrogen-bond acceptors (Lipinski definition) is 5. The maximum atomic E-state index is 12.5. The molecule has 2 rings (SSSR count). The van der Waals surface area contributed by atoms with E-state index in [2.05, 4.69) is 13.8 Å². The van der Waals surface area contributed by atoms with E-state index in [9.17, 15) is 9.59 Å². The quantitative estimate of drug-likeness (QED) is 0.601. The third-order valence-corrected chi connectivity index (χ3v) is 4.39. The SMILES string of the molecule is Cc1cc(OCC(=O)OCC(=O)N(CCC#N)c2ccccc2)ccc1C(C)C. The Morgan fingerprint density at radius 3 is 2.45 bits per heavy atom. The van der Waals surface area contributed by atoms with E-state index in [0.29, 0.717) is 17.4 Å². The van der Waals surface area contributed by atoms with Gasteiger partial charge in [0.05, 0.1) is 12.5 Å². The number of para-hydroxylation sites is 1. The van der Waals surface area contributed by atoms with E-state index < -0.39 is 18.5 Å². The lowest BCUT2D eigenvalue weighted by molar-refractivity contribution is -0.149. The number of nitriles is 1. The first-order valence-electron chi connectivity index (χ1n) is 9.53. The molecule has 2 aromatic rings. The molecule has 6 nitrogen and oxygen atoms in total. The third kappa shape index (κ3) is 6.65. The summed E-state index contributed by atoms with van der Waals surface area (Å²) < 4.78 is 10.5. The van der Waals surface area contributed by atoms with Crippen molar-refractivity contribution in [2.24, 2.45) is 0 Å². The van der Waals surface area contributed by atoms with Gasteiger partial charge in [-0.3, -0.25) is 4.79 Å². The maximum Gasteiger partial charge on any atom is 0.344 e. The van der Waals surface area contributed by atoms with Gasteiger partial charge in [0.25, 0.3) is 5.91 Å². The smallest absolute Gasteiger partial charge is 0.344 e. The molecule has 0 aliphatic heterocycles. The molecule has 0 aliphatic carbocycles. The number of esters is 1. The van der Waals surface area contributed by atoms with Crippen molar-refractivity contribution in [3.63, 3.8) is 0 Å². The van der Waals surface area contributed by atoms with Gasteiger partial charge in [0.2, 0.25) is 0 Å². The topological polar surface area (TPSA) is 79.6 Å². The second-order valence-corrected chi connectivity index (χ2v) is 6.91. The molecule has 0 radical (unpaired) electrons. The lowest BCUT2D eigenvalue weighted by Crippen LogP contribution is -2.36. The Balaban J connectivity index is 1.88. The molecule has 29 heavy (non-hydrogen) atoms. The van der Waals surface area contributed by atoms with Crippen LogP contribution in [0.4, 0.5) is 5.69 Å².